The van der Waals surface area contributed by atoms with Crippen molar-refractivity contribution in [3.05, 3.63) is 0 Å². The van der Waals surface area contributed by atoms with Crippen LogP contribution in [0.4, 0.5) is 0 Å². The molecular weight excluding hydrogens is 192 g/mol. The van der Waals surface area contributed by atoms with E-state index in [2.05, 4.69) is 18.9 Å². The topological polar surface area (TPSA) is 32.8 Å². The maximum atomic E-state index is 11.7. The minimum absolute atomic E-state index is 0.128. The molecule has 1 rings (SSSR count). The average Bonchev–Trinajstić information content (AvgIpc) is 2.22. The average molecular weight is 214 g/mol. The third kappa shape index (κ3) is 3.80. The number of nitrogens with zero attached hydrogens (tertiary/aromatic N) is 2. The number of piperazine rings is 1. The van der Waals surface area contributed by atoms with Crippen LogP contribution >= 0.6 is 0 Å². The Morgan fingerprint density at radius 1 is 1.47 bits per heavy atom. The molecule has 0 radical (unpaired) electrons. The number of hydrogen-bond donors (Lipinski definition) is 0. The van der Waals surface area contributed by atoms with Gasteiger partial charge in [0.05, 0.1) is 0 Å². The Kier molecular flexibility index (Phi) is 5.05. The lowest BCUT2D eigenvalue weighted by Gasteiger charge is -2.37. The molecule has 0 aliphatic carbocycles. The molecule has 1 amide bonds. The third-order valence-electron chi connectivity index (χ3n) is 2.89. The predicted octanol–water partition coefficient (Wildman–Crippen LogP) is 0.575. The number of carbonyl (C=O) groups is 1. The second-order valence-corrected chi connectivity index (χ2v) is 4.22. The van der Waals surface area contributed by atoms with Crippen molar-refractivity contribution < 1.29 is 9.53 Å². The van der Waals surface area contributed by atoms with E-state index in [0.717, 1.165) is 26.1 Å². The number of amides is 1. The van der Waals surface area contributed by atoms with Gasteiger partial charge in [0, 0.05) is 32.3 Å². The molecule has 0 spiro atoms. The highest BCUT2D eigenvalue weighted by molar-refractivity contribution is 5.77. The summed E-state index contributed by atoms with van der Waals surface area (Å²) in [5, 5.41) is 0. The van der Waals surface area contributed by atoms with Gasteiger partial charge in [0.25, 0.3) is 0 Å². The minimum atomic E-state index is 0.128. The minimum Gasteiger partial charge on any atom is -0.372 e. The van der Waals surface area contributed by atoms with Crippen molar-refractivity contribution >= 4 is 5.91 Å². The van der Waals surface area contributed by atoms with Gasteiger partial charge in [0.15, 0.2) is 0 Å². The molecule has 4 nitrogen and oxygen atoms in total. The van der Waals surface area contributed by atoms with Crippen LogP contribution in [-0.4, -0.2) is 61.6 Å². The molecule has 1 saturated heterocycles. The molecule has 1 heterocycles. The van der Waals surface area contributed by atoms with E-state index in [4.69, 9.17) is 4.74 Å². The van der Waals surface area contributed by atoms with E-state index < -0.39 is 0 Å². The zero-order valence-electron chi connectivity index (χ0n) is 10.0. The van der Waals surface area contributed by atoms with Gasteiger partial charge in [-0.25, -0.2) is 0 Å². The van der Waals surface area contributed by atoms with Crippen molar-refractivity contribution in [1.82, 2.24) is 9.80 Å². The molecule has 4 heteroatoms. The van der Waals surface area contributed by atoms with Gasteiger partial charge < -0.3 is 14.5 Å². The van der Waals surface area contributed by atoms with Crippen molar-refractivity contribution in [2.45, 2.75) is 26.3 Å². The number of ether oxygens (including phenoxy) is 1. The van der Waals surface area contributed by atoms with Crippen molar-refractivity contribution in [3.63, 3.8) is 0 Å². The fraction of sp³-hybridized carbons (Fsp3) is 0.909. The molecule has 1 atom stereocenters. The molecule has 0 aromatic heterocycles. The zero-order chi connectivity index (χ0) is 11.3. The van der Waals surface area contributed by atoms with Crippen LogP contribution in [0.5, 0.6) is 0 Å². The summed E-state index contributed by atoms with van der Waals surface area (Å²) in [4.78, 5) is 15.9. The van der Waals surface area contributed by atoms with Crippen LogP contribution in [0, 0.1) is 0 Å². The van der Waals surface area contributed by atoms with Gasteiger partial charge in [-0.1, -0.05) is 6.92 Å². The van der Waals surface area contributed by atoms with E-state index in [1.54, 1.807) is 0 Å². The summed E-state index contributed by atoms with van der Waals surface area (Å²) in [5.41, 5.74) is 0. The summed E-state index contributed by atoms with van der Waals surface area (Å²) in [5.74, 6) is 0.128. The Balaban J connectivity index is 2.28. The Morgan fingerprint density at radius 3 is 2.80 bits per heavy atom. The molecule has 0 aromatic rings. The normalized spacial score (nSPS) is 23.1. The Labute approximate surface area is 92.2 Å². The molecule has 0 aromatic carbocycles. The van der Waals surface area contributed by atoms with Gasteiger partial charge in [0.2, 0.25) is 5.91 Å². The second kappa shape index (κ2) is 6.08. The number of hydrogen-bond acceptors (Lipinski definition) is 3. The van der Waals surface area contributed by atoms with Crippen molar-refractivity contribution in [3.8, 4) is 0 Å². The molecule has 1 aliphatic heterocycles. The maximum absolute atomic E-state index is 11.7. The summed E-state index contributed by atoms with van der Waals surface area (Å²) < 4.78 is 5.26. The fourth-order valence-corrected chi connectivity index (χ4v) is 1.67. The summed E-state index contributed by atoms with van der Waals surface area (Å²) >= 11 is 0. The van der Waals surface area contributed by atoms with Gasteiger partial charge in [0.1, 0.15) is 6.61 Å². The molecule has 15 heavy (non-hydrogen) atoms. The van der Waals surface area contributed by atoms with Gasteiger partial charge in [-0.2, -0.15) is 0 Å². The lowest BCUT2D eigenvalue weighted by atomic mass is 10.2. The molecule has 1 fully saturated rings. The number of rotatable bonds is 4. The van der Waals surface area contributed by atoms with Gasteiger partial charge in [-0.3, -0.25) is 4.79 Å². The monoisotopic (exact) mass is 214 g/mol. The molecule has 0 saturated carbocycles. The number of carbonyl (C=O) groups excluding carboxylic acids is 1. The molecule has 88 valence electrons. The van der Waals surface area contributed by atoms with Crippen LogP contribution < -0.4 is 0 Å². The van der Waals surface area contributed by atoms with E-state index >= 15 is 0 Å². The lowest BCUT2D eigenvalue weighted by molar-refractivity contribution is -0.138. The highest BCUT2D eigenvalue weighted by atomic mass is 16.5. The van der Waals surface area contributed by atoms with Crippen molar-refractivity contribution in [2.24, 2.45) is 0 Å². The molecule has 1 unspecified atom stereocenters. The van der Waals surface area contributed by atoms with E-state index in [9.17, 15) is 4.79 Å². The first-order chi connectivity index (χ1) is 7.15. The van der Waals surface area contributed by atoms with E-state index in [1.807, 2.05) is 11.8 Å². The van der Waals surface area contributed by atoms with Crippen LogP contribution in [0.2, 0.25) is 0 Å². The van der Waals surface area contributed by atoms with E-state index in [-0.39, 0.29) is 12.5 Å². The number of likely N-dealkylation sites (N-methyl/N-ethyl adjacent to an activating group) is 1. The van der Waals surface area contributed by atoms with Gasteiger partial charge in [-0.05, 0) is 20.4 Å². The molecule has 0 N–H and O–H groups in total. The van der Waals surface area contributed by atoms with Crippen molar-refractivity contribution in [2.75, 3.05) is 39.9 Å². The smallest absolute Gasteiger partial charge is 0.248 e. The summed E-state index contributed by atoms with van der Waals surface area (Å²) in [6.07, 6.45) is 0.965. The van der Waals surface area contributed by atoms with Crippen LogP contribution in [0.1, 0.15) is 20.3 Å². The zero-order valence-corrected chi connectivity index (χ0v) is 10.0. The Bertz CT molecular complexity index is 209. The predicted molar refractivity (Wildman–Crippen MR) is 59.8 cm³/mol. The Morgan fingerprint density at radius 2 is 2.20 bits per heavy atom. The molecule has 1 aliphatic rings. The quantitative estimate of drug-likeness (QED) is 0.642. The maximum Gasteiger partial charge on any atom is 0.248 e. The molecule has 0 bridgehead atoms. The third-order valence-corrected chi connectivity index (χ3v) is 2.89. The first kappa shape index (κ1) is 12.5. The standard InChI is InChI=1S/C11H22N2O2/c1-4-7-15-9-11(14)13-6-5-12(3)10(2)8-13/h10H,4-9H2,1-3H3. The highest BCUT2D eigenvalue weighted by Crippen LogP contribution is 2.07. The lowest BCUT2D eigenvalue weighted by Crippen LogP contribution is -2.52. The van der Waals surface area contributed by atoms with Crippen LogP contribution in [0.15, 0.2) is 0 Å². The second-order valence-electron chi connectivity index (χ2n) is 4.22. The molecular formula is C11H22N2O2. The highest BCUT2D eigenvalue weighted by Gasteiger charge is 2.23. The van der Waals surface area contributed by atoms with Crippen LogP contribution in [0.25, 0.3) is 0 Å². The first-order valence-corrected chi connectivity index (χ1v) is 5.71. The summed E-state index contributed by atoms with van der Waals surface area (Å²) in [6, 6.07) is 0.453. The first-order valence-electron chi connectivity index (χ1n) is 5.71. The summed E-state index contributed by atoms with van der Waals surface area (Å²) in [6.45, 7) is 7.72. The van der Waals surface area contributed by atoms with E-state index in [1.165, 1.54) is 0 Å². The van der Waals surface area contributed by atoms with Crippen LogP contribution in [-0.2, 0) is 9.53 Å². The van der Waals surface area contributed by atoms with Gasteiger partial charge >= 0.3 is 0 Å². The fourth-order valence-electron chi connectivity index (χ4n) is 1.67. The largest absolute Gasteiger partial charge is 0.372 e. The van der Waals surface area contributed by atoms with Gasteiger partial charge in [-0.15, -0.1) is 0 Å². The van der Waals surface area contributed by atoms with Crippen molar-refractivity contribution in [1.29, 1.82) is 0 Å². The summed E-state index contributed by atoms with van der Waals surface area (Å²) in [7, 11) is 2.10. The SMILES string of the molecule is CCCOCC(=O)N1CCN(C)C(C)C1. The van der Waals surface area contributed by atoms with E-state index in [0.29, 0.717) is 12.6 Å². The Hall–Kier alpha value is -0.610. The van der Waals surface area contributed by atoms with Crippen LogP contribution in [0.3, 0.4) is 0 Å².